The topological polar surface area (TPSA) is 476 Å². The lowest BCUT2D eigenvalue weighted by Gasteiger charge is -2.42. The summed E-state index contributed by atoms with van der Waals surface area (Å²) >= 11 is 0. The maximum Gasteiger partial charge on any atom is 0.234 e. The number of amides is 6. The number of hydrogen-bond acceptors (Lipinski definition) is 26. The van der Waals surface area contributed by atoms with Crippen molar-refractivity contribution in [3.8, 4) is 0 Å². The van der Waals surface area contributed by atoms with Gasteiger partial charge in [-0.3, -0.25) is 48.1 Å². The third kappa shape index (κ3) is 38.0. The summed E-state index contributed by atoms with van der Waals surface area (Å²) in [5.41, 5.74) is 0. The van der Waals surface area contributed by atoms with Crippen molar-refractivity contribution >= 4 is 52.8 Å². The van der Waals surface area contributed by atoms with E-state index in [1.165, 1.54) is 14.0 Å². The van der Waals surface area contributed by atoms with Gasteiger partial charge in [0.2, 0.25) is 35.4 Å². The zero-order valence-corrected chi connectivity index (χ0v) is 61.4. The van der Waals surface area contributed by atoms with Gasteiger partial charge in [0.05, 0.1) is 57.8 Å². The SMILES string of the molecule is COCCC(=O)CCCC(=O)NCCCCCCC(C(=O)CCCCNC(=O)CCCCCO[C@@H]1OC(CO)[C@H](O)[C@H](O)C1C)N(CC(=O)CCCCNC(=O)CCCCCO[C@@H]1OC(CO)[C@H](O)[C@H](O)C1NC(C)=O)CC(=O)NCCCNC(=O)CCCCCO[C@@H]1OC(CO)[C@H](O)[C@H](O)C1C. The maximum absolute atomic E-state index is 14.5. The number of aliphatic hydroxyl groups excluding tert-OH is 9. The van der Waals surface area contributed by atoms with Gasteiger partial charge >= 0.3 is 0 Å². The number of Topliss-reactive ketones (excluding diaryl/α,β-unsaturated/α-hetero) is 3. The molecule has 0 bridgehead atoms. The molecule has 3 saturated heterocycles. The number of ketones is 3. The Bertz CT molecular complexity index is 2420. The van der Waals surface area contributed by atoms with E-state index in [4.69, 9.17) is 33.2 Å². The molecule has 7 unspecified atom stereocenters. The molecule has 0 aromatic heterocycles. The standard InChI is InChI=1S/C71H127N7O25/c1-47-63(91)65(93)54(44-79)101-69(47)98-38-19-7-11-28-58(87)74-35-18-15-27-53(85)52(26-10-5-6-16-33-72-60(89)31-22-25-50(83)32-41-97-4)78(43-61(90)76-37-23-36-75-59(88)30-12-8-20-39-99-70-48(2)64(92)66(94)55(45-80)102-70)42-51(84)24-14-17-34-73-57(86)29-13-9-21-40-100-71-62(77-49(3)82)68(96)67(95)56(46-81)103-71/h47-48,52,54-56,62-71,79-81,91-96H,5-46H2,1-4H3,(H,72,89)(H,73,86)(H,74,87)(H,75,88)(H,76,90)(H,77,82)/t47?,48?,52?,54?,55?,56?,62?,63-,64-,65+,66+,67+,68-,69-,70-,71-/m1/s1. The Morgan fingerprint density at radius 3 is 1.23 bits per heavy atom. The van der Waals surface area contributed by atoms with Gasteiger partial charge in [0.25, 0.3) is 0 Å². The number of carbonyl (C=O) groups is 9. The van der Waals surface area contributed by atoms with E-state index in [0.717, 1.165) is 0 Å². The van der Waals surface area contributed by atoms with E-state index in [0.29, 0.717) is 167 Å². The molecule has 0 aromatic rings. The van der Waals surface area contributed by atoms with Crippen LogP contribution in [0.15, 0.2) is 0 Å². The highest BCUT2D eigenvalue weighted by Crippen LogP contribution is 2.29. The average Bonchev–Trinajstić information content (AvgIpc) is 0.829. The zero-order chi connectivity index (χ0) is 75.9. The summed E-state index contributed by atoms with van der Waals surface area (Å²) in [6.45, 7) is 5.16. The van der Waals surface area contributed by atoms with Crippen LogP contribution in [0.25, 0.3) is 0 Å². The molecule has 0 aliphatic carbocycles. The number of aliphatic hydroxyl groups is 9. The Morgan fingerprint density at radius 2 is 0.767 bits per heavy atom. The van der Waals surface area contributed by atoms with Crippen molar-refractivity contribution in [3.05, 3.63) is 0 Å². The van der Waals surface area contributed by atoms with Gasteiger partial charge in [0.1, 0.15) is 66.1 Å². The van der Waals surface area contributed by atoms with E-state index < -0.39 is 129 Å². The highest BCUT2D eigenvalue weighted by molar-refractivity contribution is 5.88. The molecule has 0 saturated carbocycles. The lowest BCUT2D eigenvalue weighted by molar-refractivity contribution is -0.282. The number of nitrogens with one attached hydrogen (secondary N) is 6. The first-order chi connectivity index (χ1) is 49.5. The van der Waals surface area contributed by atoms with Crippen LogP contribution in [0.5, 0.6) is 0 Å². The van der Waals surface area contributed by atoms with E-state index in [9.17, 15) is 89.1 Å². The second-order valence-corrected chi connectivity index (χ2v) is 27.4. The lowest BCUT2D eigenvalue weighted by Crippen LogP contribution is -2.64. The predicted octanol–water partition coefficient (Wildman–Crippen LogP) is -0.342. The van der Waals surface area contributed by atoms with E-state index in [-0.39, 0.29) is 126 Å². The average molecular weight is 1480 g/mol. The van der Waals surface area contributed by atoms with Crippen molar-refractivity contribution in [3.63, 3.8) is 0 Å². The second-order valence-electron chi connectivity index (χ2n) is 27.4. The van der Waals surface area contributed by atoms with Crippen molar-refractivity contribution in [1.29, 1.82) is 0 Å². The summed E-state index contributed by atoms with van der Waals surface area (Å²) in [6, 6.07) is -1.89. The molecule has 32 heteroatoms. The first-order valence-electron chi connectivity index (χ1n) is 37.6. The summed E-state index contributed by atoms with van der Waals surface area (Å²) in [4.78, 5) is 118. The van der Waals surface area contributed by atoms with E-state index >= 15 is 0 Å². The third-order valence-electron chi connectivity index (χ3n) is 18.7. The van der Waals surface area contributed by atoms with Crippen LogP contribution >= 0.6 is 0 Å². The molecule has 3 fully saturated rings. The van der Waals surface area contributed by atoms with Crippen molar-refractivity contribution in [2.75, 3.05) is 99.2 Å². The Labute approximate surface area is 607 Å². The van der Waals surface area contributed by atoms with Gasteiger partial charge < -0.3 is 111 Å². The Morgan fingerprint density at radius 1 is 0.388 bits per heavy atom. The molecule has 103 heavy (non-hydrogen) atoms. The monoisotopic (exact) mass is 1480 g/mol. The third-order valence-corrected chi connectivity index (χ3v) is 18.7. The number of methoxy groups -OCH3 is 1. The molecule has 596 valence electrons. The molecule has 3 heterocycles. The van der Waals surface area contributed by atoms with Crippen LogP contribution in [0.4, 0.5) is 0 Å². The van der Waals surface area contributed by atoms with Gasteiger partial charge in [-0.05, 0) is 89.9 Å². The number of rotatable bonds is 59. The van der Waals surface area contributed by atoms with Crippen LogP contribution in [0.3, 0.4) is 0 Å². The fourth-order valence-corrected chi connectivity index (χ4v) is 12.3. The molecule has 32 nitrogen and oxygen atoms in total. The Kier molecular flexibility index (Phi) is 49.0. The van der Waals surface area contributed by atoms with Crippen LogP contribution in [0, 0.1) is 11.8 Å². The minimum Gasteiger partial charge on any atom is -0.394 e. The van der Waals surface area contributed by atoms with Gasteiger partial charge in [-0.25, -0.2) is 0 Å². The first-order valence-corrected chi connectivity index (χ1v) is 37.6. The van der Waals surface area contributed by atoms with Crippen molar-refractivity contribution in [2.24, 2.45) is 11.8 Å². The molecule has 16 atom stereocenters. The molecule has 6 amide bonds. The summed E-state index contributed by atoms with van der Waals surface area (Å²) in [7, 11) is 1.52. The second kappa shape index (κ2) is 54.7. The summed E-state index contributed by atoms with van der Waals surface area (Å²) in [5.74, 6) is -2.96. The number of ether oxygens (including phenoxy) is 7. The summed E-state index contributed by atoms with van der Waals surface area (Å²) in [5, 5.41) is 107. The smallest absolute Gasteiger partial charge is 0.234 e. The largest absolute Gasteiger partial charge is 0.394 e. The highest BCUT2D eigenvalue weighted by atomic mass is 16.7. The van der Waals surface area contributed by atoms with Crippen LogP contribution < -0.4 is 31.9 Å². The fourth-order valence-electron chi connectivity index (χ4n) is 12.3. The molecular formula is C71H127N7O25. The van der Waals surface area contributed by atoms with Crippen molar-refractivity contribution in [2.45, 2.75) is 286 Å². The summed E-state index contributed by atoms with van der Waals surface area (Å²) < 4.78 is 39.1. The van der Waals surface area contributed by atoms with Crippen LogP contribution in [0.1, 0.15) is 201 Å². The molecule has 3 aliphatic rings. The van der Waals surface area contributed by atoms with Crippen LogP contribution in [-0.2, 0) is 76.3 Å². The predicted molar refractivity (Wildman–Crippen MR) is 374 cm³/mol. The molecule has 0 radical (unpaired) electrons. The molecule has 15 N–H and O–H groups in total. The van der Waals surface area contributed by atoms with Crippen LogP contribution in [0.2, 0.25) is 0 Å². The van der Waals surface area contributed by atoms with E-state index in [1.807, 2.05) is 0 Å². The fraction of sp³-hybridized carbons (Fsp3) is 0.873. The minimum absolute atomic E-state index is 0.0345. The van der Waals surface area contributed by atoms with Gasteiger partial charge in [0, 0.05) is 130 Å². The van der Waals surface area contributed by atoms with E-state index in [2.05, 4.69) is 31.9 Å². The van der Waals surface area contributed by atoms with Gasteiger partial charge in [-0.2, -0.15) is 0 Å². The molecular weight excluding hydrogens is 1350 g/mol. The minimum atomic E-state index is -1.44. The maximum atomic E-state index is 14.5. The zero-order valence-electron chi connectivity index (χ0n) is 61.4. The van der Waals surface area contributed by atoms with E-state index in [1.54, 1.807) is 18.7 Å². The lowest BCUT2D eigenvalue weighted by atomic mass is 9.92. The first kappa shape index (κ1) is 92.4. The number of carbonyl (C=O) groups excluding carboxylic acids is 9. The molecule has 3 aliphatic heterocycles. The van der Waals surface area contributed by atoms with Crippen LogP contribution in [-0.4, -0.2) is 289 Å². The van der Waals surface area contributed by atoms with Gasteiger partial charge in [0.15, 0.2) is 18.9 Å². The normalized spacial score (nSPS) is 25.2. The summed E-state index contributed by atoms with van der Waals surface area (Å²) in [6.07, 6.45) is -0.739. The van der Waals surface area contributed by atoms with Gasteiger partial charge in [-0.15, -0.1) is 0 Å². The number of unbranched alkanes of at least 4 members (excludes halogenated alkanes) is 11. The highest BCUT2D eigenvalue weighted by Gasteiger charge is 2.46. The Balaban J connectivity index is 1.58. The quantitative estimate of drug-likeness (QED) is 0.0346. The Hall–Kier alpha value is -4.85. The van der Waals surface area contributed by atoms with Gasteiger partial charge in [-0.1, -0.05) is 52.4 Å². The molecule has 0 spiro atoms. The van der Waals surface area contributed by atoms with Crippen molar-refractivity contribution < 1.29 is 122 Å². The number of nitrogens with zero attached hydrogens (tertiary/aromatic N) is 1. The van der Waals surface area contributed by atoms with Crippen molar-refractivity contribution in [1.82, 2.24) is 36.8 Å². The number of hydrogen-bond donors (Lipinski definition) is 15. The molecule has 3 rings (SSSR count). The molecule has 0 aromatic carbocycles.